The van der Waals surface area contributed by atoms with Gasteiger partial charge in [-0.1, -0.05) is 37.3 Å². The van der Waals surface area contributed by atoms with Crippen LogP contribution < -0.4 is 4.74 Å². The highest BCUT2D eigenvalue weighted by atomic mass is 79.9. The molecule has 1 heterocycles. The summed E-state index contributed by atoms with van der Waals surface area (Å²) in [6.07, 6.45) is 1.85. The fourth-order valence-electron chi connectivity index (χ4n) is 2.64. The Kier molecular flexibility index (Phi) is 4.15. The predicted molar refractivity (Wildman–Crippen MR) is 87.6 cm³/mol. The maximum atomic E-state index is 12.2. The van der Waals surface area contributed by atoms with Crippen molar-refractivity contribution in [1.82, 2.24) is 4.90 Å². The van der Waals surface area contributed by atoms with Gasteiger partial charge in [-0.15, -0.1) is 0 Å². The first-order valence-electron chi connectivity index (χ1n) is 7.29. The molecule has 0 saturated carbocycles. The smallest absolute Gasteiger partial charge is 0.409 e. The Morgan fingerprint density at radius 2 is 1.90 bits per heavy atom. The van der Waals surface area contributed by atoms with Crippen LogP contribution in [0.15, 0.2) is 40.9 Å². The molecule has 2 aromatic carbocycles. The fourth-order valence-corrected chi connectivity index (χ4v) is 3.22. The van der Waals surface area contributed by atoms with Gasteiger partial charge >= 0.3 is 6.09 Å². The molecule has 0 spiro atoms. The van der Waals surface area contributed by atoms with Crippen LogP contribution in [0.2, 0.25) is 0 Å². The number of ether oxygens (including phenoxy) is 1. The SMILES string of the molecule is CC1CCN(C(=O)Oc2ccc3ccccc3c2Br)CC1. The van der Waals surface area contributed by atoms with Crippen LogP contribution in [0.4, 0.5) is 4.79 Å². The number of fused-ring (bicyclic) bond motifs is 1. The molecule has 0 N–H and O–H groups in total. The number of likely N-dealkylation sites (tertiary alicyclic amines) is 1. The largest absolute Gasteiger partial charge is 0.415 e. The zero-order valence-electron chi connectivity index (χ0n) is 12.0. The average molecular weight is 348 g/mol. The van der Waals surface area contributed by atoms with Gasteiger partial charge in [-0.25, -0.2) is 4.79 Å². The molecule has 21 heavy (non-hydrogen) atoms. The zero-order valence-corrected chi connectivity index (χ0v) is 13.6. The highest BCUT2D eigenvalue weighted by Crippen LogP contribution is 2.33. The lowest BCUT2D eigenvalue weighted by molar-refractivity contribution is 0.133. The van der Waals surface area contributed by atoms with E-state index in [2.05, 4.69) is 22.9 Å². The third kappa shape index (κ3) is 3.05. The van der Waals surface area contributed by atoms with Crippen molar-refractivity contribution >= 4 is 32.8 Å². The summed E-state index contributed by atoms with van der Waals surface area (Å²) >= 11 is 3.55. The van der Waals surface area contributed by atoms with E-state index in [0.717, 1.165) is 41.2 Å². The first-order chi connectivity index (χ1) is 10.1. The van der Waals surface area contributed by atoms with E-state index in [-0.39, 0.29) is 6.09 Å². The molecule has 0 bridgehead atoms. The molecule has 2 aromatic rings. The molecular formula is C17H18BrNO2. The van der Waals surface area contributed by atoms with E-state index < -0.39 is 0 Å². The third-order valence-corrected chi connectivity index (χ3v) is 4.88. The second-order valence-electron chi connectivity index (χ2n) is 5.64. The first-order valence-corrected chi connectivity index (χ1v) is 8.08. The lowest BCUT2D eigenvalue weighted by atomic mass is 10.00. The summed E-state index contributed by atoms with van der Waals surface area (Å²) < 4.78 is 6.40. The van der Waals surface area contributed by atoms with Gasteiger partial charge in [0, 0.05) is 13.1 Å². The number of amides is 1. The predicted octanol–water partition coefficient (Wildman–Crippen LogP) is 4.83. The quantitative estimate of drug-likeness (QED) is 0.739. The normalized spacial score (nSPS) is 16.2. The standard InChI is InChI=1S/C17H18BrNO2/c1-12-8-10-19(11-9-12)17(20)21-15-7-6-13-4-2-3-5-14(13)16(15)18/h2-7,12H,8-11H2,1H3. The summed E-state index contributed by atoms with van der Waals surface area (Å²) in [5.41, 5.74) is 0. The Balaban J connectivity index is 1.78. The number of halogens is 1. The van der Waals surface area contributed by atoms with Gasteiger partial charge in [0.1, 0.15) is 5.75 Å². The van der Waals surface area contributed by atoms with Crippen molar-refractivity contribution in [3.05, 3.63) is 40.9 Å². The maximum Gasteiger partial charge on any atom is 0.415 e. The Bertz CT molecular complexity index is 663. The van der Waals surface area contributed by atoms with Crippen LogP contribution in [-0.2, 0) is 0 Å². The number of rotatable bonds is 1. The molecule has 1 amide bonds. The summed E-state index contributed by atoms with van der Waals surface area (Å²) in [5, 5.41) is 2.17. The minimum atomic E-state index is -0.252. The van der Waals surface area contributed by atoms with Gasteiger partial charge in [0.25, 0.3) is 0 Å². The van der Waals surface area contributed by atoms with Gasteiger partial charge in [0.05, 0.1) is 4.47 Å². The van der Waals surface area contributed by atoms with Crippen LogP contribution in [0.25, 0.3) is 10.8 Å². The van der Waals surface area contributed by atoms with Crippen LogP contribution in [0.5, 0.6) is 5.75 Å². The number of piperidine rings is 1. The molecular weight excluding hydrogens is 330 g/mol. The fraction of sp³-hybridized carbons (Fsp3) is 0.353. The van der Waals surface area contributed by atoms with Crippen LogP contribution in [0.3, 0.4) is 0 Å². The molecule has 110 valence electrons. The zero-order chi connectivity index (χ0) is 14.8. The van der Waals surface area contributed by atoms with Crippen molar-refractivity contribution < 1.29 is 9.53 Å². The third-order valence-electron chi connectivity index (χ3n) is 4.07. The summed E-state index contributed by atoms with van der Waals surface area (Å²) in [6, 6.07) is 11.8. The summed E-state index contributed by atoms with van der Waals surface area (Å²) in [5.74, 6) is 1.28. The lowest BCUT2D eigenvalue weighted by Gasteiger charge is -2.29. The monoisotopic (exact) mass is 347 g/mol. The van der Waals surface area contributed by atoms with Crippen molar-refractivity contribution in [3.8, 4) is 5.75 Å². The minimum absolute atomic E-state index is 0.252. The van der Waals surface area contributed by atoms with Crippen LogP contribution in [0.1, 0.15) is 19.8 Å². The highest BCUT2D eigenvalue weighted by molar-refractivity contribution is 9.10. The van der Waals surface area contributed by atoms with E-state index in [4.69, 9.17) is 4.74 Å². The second kappa shape index (κ2) is 6.06. The van der Waals surface area contributed by atoms with Crippen molar-refractivity contribution in [2.45, 2.75) is 19.8 Å². The number of carbonyl (C=O) groups excluding carboxylic acids is 1. The molecule has 0 aromatic heterocycles. The number of benzene rings is 2. The van der Waals surface area contributed by atoms with Gasteiger partial charge in [-0.3, -0.25) is 0 Å². The van der Waals surface area contributed by atoms with Crippen LogP contribution >= 0.6 is 15.9 Å². The highest BCUT2D eigenvalue weighted by Gasteiger charge is 2.22. The number of carbonyl (C=O) groups is 1. The van der Waals surface area contributed by atoms with E-state index in [1.165, 1.54) is 0 Å². The van der Waals surface area contributed by atoms with Crippen LogP contribution in [-0.4, -0.2) is 24.1 Å². The molecule has 0 unspecified atom stereocenters. The molecule has 4 heteroatoms. The van der Waals surface area contributed by atoms with Crippen molar-refractivity contribution in [3.63, 3.8) is 0 Å². The summed E-state index contributed by atoms with van der Waals surface area (Å²) in [7, 11) is 0. The second-order valence-corrected chi connectivity index (χ2v) is 6.43. The Morgan fingerprint density at radius 1 is 1.19 bits per heavy atom. The van der Waals surface area contributed by atoms with E-state index in [0.29, 0.717) is 11.7 Å². The molecule has 1 aliphatic heterocycles. The number of hydrogen-bond donors (Lipinski definition) is 0. The molecule has 0 atom stereocenters. The lowest BCUT2D eigenvalue weighted by Crippen LogP contribution is -2.39. The van der Waals surface area contributed by atoms with Crippen molar-refractivity contribution in [2.24, 2.45) is 5.92 Å². The topological polar surface area (TPSA) is 29.5 Å². The Morgan fingerprint density at radius 3 is 2.67 bits per heavy atom. The number of hydrogen-bond acceptors (Lipinski definition) is 2. The van der Waals surface area contributed by atoms with E-state index in [9.17, 15) is 4.79 Å². The first kappa shape index (κ1) is 14.4. The van der Waals surface area contributed by atoms with E-state index in [1.807, 2.05) is 36.4 Å². The van der Waals surface area contributed by atoms with E-state index in [1.54, 1.807) is 4.90 Å². The Hall–Kier alpha value is -1.55. The summed E-state index contributed by atoms with van der Waals surface area (Å²) in [6.45, 7) is 3.79. The molecule has 1 saturated heterocycles. The molecule has 1 aliphatic rings. The minimum Gasteiger partial charge on any atom is -0.409 e. The number of nitrogens with zero attached hydrogens (tertiary/aromatic N) is 1. The van der Waals surface area contributed by atoms with Gasteiger partial charge in [0.15, 0.2) is 0 Å². The maximum absolute atomic E-state index is 12.2. The van der Waals surface area contributed by atoms with Gasteiger partial charge in [-0.2, -0.15) is 0 Å². The molecule has 1 fully saturated rings. The van der Waals surface area contributed by atoms with Gasteiger partial charge in [0.2, 0.25) is 0 Å². The molecule has 0 radical (unpaired) electrons. The molecule has 3 nitrogen and oxygen atoms in total. The molecule has 3 rings (SSSR count). The molecule has 0 aliphatic carbocycles. The van der Waals surface area contributed by atoms with E-state index >= 15 is 0 Å². The van der Waals surface area contributed by atoms with Gasteiger partial charge < -0.3 is 9.64 Å². The summed E-state index contributed by atoms with van der Waals surface area (Å²) in [4.78, 5) is 14.0. The van der Waals surface area contributed by atoms with Gasteiger partial charge in [-0.05, 0) is 51.5 Å². The average Bonchev–Trinajstić information content (AvgIpc) is 2.51. The van der Waals surface area contributed by atoms with Crippen molar-refractivity contribution in [1.29, 1.82) is 0 Å². The van der Waals surface area contributed by atoms with Crippen molar-refractivity contribution in [2.75, 3.05) is 13.1 Å². The Labute approximate surface area is 133 Å². The van der Waals surface area contributed by atoms with Crippen LogP contribution in [0, 0.1) is 5.92 Å².